The van der Waals surface area contributed by atoms with Crippen LogP contribution < -0.4 is 29.6 Å². The molecule has 3 atom stereocenters. The monoisotopic (exact) mass is 404 g/mol. The molecule has 150 valence electrons. The zero-order valence-electron chi connectivity index (χ0n) is 16.2. The Hall–Kier alpha value is 0.750. The summed E-state index contributed by atoms with van der Waals surface area (Å²) in [6.45, 7) is 2.84. The van der Waals surface area contributed by atoms with Crippen molar-refractivity contribution in [2.24, 2.45) is 0 Å². The van der Waals surface area contributed by atoms with Crippen LogP contribution >= 0.6 is 0 Å². The molecule has 1 fully saturated rings. The van der Waals surface area contributed by atoms with E-state index in [1.165, 1.54) is 51.4 Å². The molecular weight excluding hydrogens is 371 g/mol. The molecule has 1 N–H and O–H groups in total. The molecule has 9 heteroatoms. The SMILES string of the molecule is CCCCCCCCCCCCOCC1OCC(OS(=O)(=O)[O-])C1O.[Na+]. The first-order chi connectivity index (χ1) is 11.9. The standard InChI is InChI=1S/C17H34O7S.Na/c1-2-3-4-5-6-7-8-9-10-11-12-22-13-15-17(18)16(14-23-15)24-25(19,20)21;/h15-18H,2-14H2,1H3,(H,19,20,21);/q;+1/p-1. The zero-order chi connectivity index (χ0) is 18.5. The van der Waals surface area contributed by atoms with Crippen molar-refractivity contribution in [3.05, 3.63) is 0 Å². The molecule has 0 spiro atoms. The summed E-state index contributed by atoms with van der Waals surface area (Å²) in [5.74, 6) is 0. The van der Waals surface area contributed by atoms with Crippen LogP contribution in [0.3, 0.4) is 0 Å². The third-order valence-electron chi connectivity index (χ3n) is 4.40. The third-order valence-corrected chi connectivity index (χ3v) is 4.89. The van der Waals surface area contributed by atoms with Crippen molar-refractivity contribution in [1.29, 1.82) is 0 Å². The molecule has 0 aromatic rings. The normalized spacial score (nSPS) is 23.1. The van der Waals surface area contributed by atoms with Gasteiger partial charge in [0.25, 0.3) is 0 Å². The van der Waals surface area contributed by atoms with Crippen LogP contribution in [0.5, 0.6) is 0 Å². The summed E-state index contributed by atoms with van der Waals surface area (Å²) in [5.41, 5.74) is 0. The second kappa shape index (κ2) is 15.6. The molecule has 1 rings (SSSR count). The van der Waals surface area contributed by atoms with Gasteiger partial charge in [0, 0.05) is 6.61 Å². The molecule has 0 amide bonds. The van der Waals surface area contributed by atoms with Crippen molar-refractivity contribution in [3.63, 3.8) is 0 Å². The van der Waals surface area contributed by atoms with Crippen molar-refractivity contribution in [2.45, 2.75) is 89.4 Å². The van der Waals surface area contributed by atoms with E-state index in [1.807, 2.05) is 0 Å². The van der Waals surface area contributed by atoms with E-state index >= 15 is 0 Å². The summed E-state index contributed by atoms with van der Waals surface area (Å²) in [4.78, 5) is 0. The summed E-state index contributed by atoms with van der Waals surface area (Å²) in [6.07, 6.45) is 9.52. The molecule has 26 heavy (non-hydrogen) atoms. The Labute approximate surface area is 180 Å². The molecule has 0 aromatic heterocycles. The molecule has 7 nitrogen and oxygen atoms in total. The maximum Gasteiger partial charge on any atom is 1.00 e. The van der Waals surface area contributed by atoms with E-state index in [1.54, 1.807) is 0 Å². The fraction of sp³-hybridized carbons (Fsp3) is 1.00. The van der Waals surface area contributed by atoms with Gasteiger partial charge in [-0.15, -0.1) is 0 Å². The molecule has 3 unspecified atom stereocenters. The van der Waals surface area contributed by atoms with E-state index in [0.717, 1.165) is 12.8 Å². The summed E-state index contributed by atoms with van der Waals surface area (Å²) in [5, 5.41) is 9.86. The van der Waals surface area contributed by atoms with Crippen molar-refractivity contribution >= 4 is 10.4 Å². The first kappa shape index (κ1) is 26.8. The minimum atomic E-state index is -4.84. The Bertz CT molecular complexity index is 433. The summed E-state index contributed by atoms with van der Waals surface area (Å²) < 4.78 is 46.5. The smallest absolute Gasteiger partial charge is 0.726 e. The van der Waals surface area contributed by atoms with Crippen LogP contribution in [0.4, 0.5) is 0 Å². The predicted molar refractivity (Wildman–Crippen MR) is 93.0 cm³/mol. The van der Waals surface area contributed by atoms with Crippen molar-refractivity contribution in [1.82, 2.24) is 0 Å². The molecule has 0 radical (unpaired) electrons. The molecule has 0 saturated carbocycles. The number of ether oxygens (including phenoxy) is 2. The van der Waals surface area contributed by atoms with Gasteiger partial charge in [-0.05, 0) is 6.42 Å². The maximum absolute atomic E-state index is 10.5. The fourth-order valence-corrected chi connectivity index (χ4v) is 3.40. The molecule has 1 saturated heterocycles. The van der Waals surface area contributed by atoms with Crippen LogP contribution in [0.15, 0.2) is 0 Å². The second-order valence-corrected chi connectivity index (χ2v) is 7.67. The number of unbranched alkanes of at least 4 members (excludes halogenated alkanes) is 9. The minimum Gasteiger partial charge on any atom is -0.726 e. The molecule has 1 heterocycles. The van der Waals surface area contributed by atoms with Gasteiger partial charge in [-0.25, -0.2) is 8.42 Å². The van der Waals surface area contributed by atoms with E-state index in [9.17, 15) is 18.1 Å². The molecular formula is C17H33NaO7S. The zero-order valence-corrected chi connectivity index (χ0v) is 19.0. The Morgan fingerprint density at radius 1 is 1.04 bits per heavy atom. The van der Waals surface area contributed by atoms with Crippen LogP contribution in [-0.2, 0) is 24.1 Å². The number of aliphatic hydroxyl groups excluding tert-OH is 1. The van der Waals surface area contributed by atoms with E-state index in [0.29, 0.717) is 6.61 Å². The van der Waals surface area contributed by atoms with Gasteiger partial charge in [-0.3, -0.25) is 4.18 Å². The fourth-order valence-electron chi connectivity index (χ4n) is 2.93. The van der Waals surface area contributed by atoms with E-state index < -0.39 is 28.7 Å². The van der Waals surface area contributed by atoms with Crippen molar-refractivity contribution in [2.75, 3.05) is 19.8 Å². The largest absolute Gasteiger partial charge is 1.00 e. The van der Waals surface area contributed by atoms with Gasteiger partial charge in [0.15, 0.2) is 0 Å². The Balaban J connectivity index is 0.00000625. The van der Waals surface area contributed by atoms with Gasteiger partial charge in [0.1, 0.15) is 18.3 Å². The molecule has 0 bridgehead atoms. The van der Waals surface area contributed by atoms with Crippen LogP contribution in [-0.4, -0.2) is 56.2 Å². The maximum atomic E-state index is 10.5. The molecule has 0 aromatic carbocycles. The van der Waals surface area contributed by atoms with Crippen molar-refractivity contribution in [3.8, 4) is 0 Å². The number of rotatable bonds is 15. The second-order valence-electron chi connectivity index (χ2n) is 6.66. The predicted octanol–water partition coefficient (Wildman–Crippen LogP) is -0.467. The number of hydrogen-bond acceptors (Lipinski definition) is 7. The van der Waals surface area contributed by atoms with Gasteiger partial charge in [-0.1, -0.05) is 64.7 Å². The van der Waals surface area contributed by atoms with Crippen LogP contribution in [0, 0.1) is 0 Å². The first-order valence-electron chi connectivity index (χ1n) is 9.45. The van der Waals surface area contributed by atoms with E-state index in [-0.39, 0.29) is 42.8 Å². The number of aliphatic hydroxyl groups is 1. The topological polar surface area (TPSA) is 105 Å². The summed E-state index contributed by atoms with van der Waals surface area (Å²) in [7, 11) is -4.84. The average molecular weight is 405 g/mol. The van der Waals surface area contributed by atoms with Crippen LogP contribution in [0.1, 0.15) is 71.1 Å². The van der Waals surface area contributed by atoms with Gasteiger partial charge in [0.2, 0.25) is 10.4 Å². The van der Waals surface area contributed by atoms with Crippen LogP contribution in [0.25, 0.3) is 0 Å². The van der Waals surface area contributed by atoms with E-state index in [4.69, 9.17) is 9.47 Å². The first-order valence-corrected chi connectivity index (χ1v) is 10.8. The van der Waals surface area contributed by atoms with Crippen molar-refractivity contribution < 1.29 is 61.3 Å². The molecule has 0 aliphatic carbocycles. The number of hydrogen-bond donors (Lipinski definition) is 1. The minimum absolute atomic E-state index is 0. The van der Waals surface area contributed by atoms with Gasteiger partial charge in [-0.2, -0.15) is 0 Å². The van der Waals surface area contributed by atoms with Gasteiger partial charge in [0.05, 0.1) is 13.2 Å². The summed E-state index contributed by atoms with van der Waals surface area (Å²) >= 11 is 0. The van der Waals surface area contributed by atoms with Gasteiger partial charge >= 0.3 is 29.6 Å². The van der Waals surface area contributed by atoms with Gasteiger partial charge < -0.3 is 19.1 Å². The van der Waals surface area contributed by atoms with E-state index in [2.05, 4.69) is 11.1 Å². The quantitative estimate of drug-likeness (QED) is 0.170. The molecule has 1 aliphatic heterocycles. The molecule has 1 aliphatic rings. The Kier molecular flexibility index (Phi) is 16.1. The average Bonchev–Trinajstić information content (AvgIpc) is 2.87. The Morgan fingerprint density at radius 3 is 2.12 bits per heavy atom. The Morgan fingerprint density at radius 2 is 1.58 bits per heavy atom. The third kappa shape index (κ3) is 13.0. The van der Waals surface area contributed by atoms with Crippen LogP contribution in [0.2, 0.25) is 0 Å². The summed E-state index contributed by atoms with van der Waals surface area (Å²) in [6, 6.07) is 0.